The van der Waals surface area contributed by atoms with Gasteiger partial charge in [0.25, 0.3) is 0 Å². The van der Waals surface area contributed by atoms with Gasteiger partial charge in [-0.05, 0) is 24.3 Å². The molecule has 2 rings (SSSR count). The van der Waals surface area contributed by atoms with Crippen LogP contribution in [0.2, 0.25) is 0 Å². The molecule has 2 aromatic rings. The van der Waals surface area contributed by atoms with Crippen LogP contribution in [0.15, 0.2) is 9.57 Å². The Morgan fingerprint density at radius 2 is 2.05 bits per heavy atom. The average Bonchev–Trinajstić information content (AvgIpc) is 3.01. The number of oxazole rings is 1. The number of rotatable bonds is 7. The van der Waals surface area contributed by atoms with Gasteiger partial charge in [0.1, 0.15) is 5.76 Å². The van der Waals surface area contributed by atoms with E-state index in [1.807, 2.05) is 13.8 Å². The Morgan fingerprint density at radius 3 is 2.65 bits per heavy atom. The molecule has 0 radical (unpaired) electrons. The molecule has 9 heteroatoms. The minimum Gasteiger partial charge on any atom is -0.445 e. The molecule has 2 aromatic heterocycles. The van der Waals surface area contributed by atoms with E-state index in [0.29, 0.717) is 23.3 Å². The zero-order valence-corrected chi connectivity index (χ0v) is 12.7. The maximum Gasteiger partial charge on any atom is 0.209 e. The Hall–Kier alpha value is -1.45. The Kier molecular flexibility index (Phi) is 5.10. The molecule has 0 aliphatic carbocycles. The summed E-state index contributed by atoms with van der Waals surface area (Å²) in [6.45, 7) is 4.23. The summed E-state index contributed by atoms with van der Waals surface area (Å²) in [6, 6.07) is 0. The normalized spacial score (nSPS) is 11.4. The van der Waals surface area contributed by atoms with Gasteiger partial charge in [-0.2, -0.15) is 0 Å². The molecular formula is C11H17N5O3S. The molecular weight excluding hydrogens is 282 g/mol. The third-order valence-corrected chi connectivity index (χ3v) is 3.69. The topological polar surface area (TPSA) is 88.1 Å². The summed E-state index contributed by atoms with van der Waals surface area (Å²) >= 11 is 1.45. The van der Waals surface area contributed by atoms with Crippen LogP contribution in [0.5, 0.6) is 0 Å². The van der Waals surface area contributed by atoms with Crippen LogP contribution in [0, 0.1) is 13.8 Å². The van der Waals surface area contributed by atoms with Gasteiger partial charge in [0.2, 0.25) is 11.0 Å². The van der Waals surface area contributed by atoms with E-state index in [2.05, 4.69) is 20.5 Å². The van der Waals surface area contributed by atoms with E-state index in [-0.39, 0.29) is 6.29 Å². The van der Waals surface area contributed by atoms with Crippen molar-refractivity contribution >= 4 is 11.8 Å². The predicted molar refractivity (Wildman–Crippen MR) is 71.2 cm³/mol. The van der Waals surface area contributed by atoms with Gasteiger partial charge in [0, 0.05) is 14.2 Å². The van der Waals surface area contributed by atoms with Gasteiger partial charge in [-0.1, -0.05) is 11.8 Å². The first-order valence-corrected chi connectivity index (χ1v) is 7.00. The van der Waals surface area contributed by atoms with Crippen molar-refractivity contribution in [1.82, 2.24) is 25.2 Å². The second-order valence-corrected chi connectivity index (χ2v) is 5.02. The van der Waals surface area contributed by atoms with E-state index in [1.165, 1.54) is 11.8 Å². The van der Waals surface area contributed by atoms with Gasteiger partial charge < -0.3 is 13.9 Å². The van der Waals surface area contributed by atoms with Crippen molar-refractivity contribution in [1.29, 1.82) is 0 Å². The summed E-state index contributed by atoms with van der Waals surface area (Å²) in [7, 11) is 3.15. The van der Waals surface area contributed by atoms with E-state index >= 15 is 0 Å². The van der Waals surface area contributed by atoms with Crippen molar-refractivity contribution in [3.8, 4) is 0 Å². The minimum atomic E-state index is -0.385. The predicted octanol–water partition coefficient (Wildman–Crippen LogP) is 1.19. The molecule has 0 saturated heterocycles. The summed E-state index contributed by atoms with van der Waals surface area (Å²) < 4.78 is 17.4. The van der Waals surface area contributed by atoms with Crippen molar-refractivity contribution in [3.05, 3.63) is 17.3 Å². The molecule has 0 saturated carbocycles. The lowest BCUT2D eigenvalue weighted by molar-refractivity contribution is -0.113. The molecule has 0 atom stereocenters. The van der Waals surface area contributed by atoms with Crippen LogP contribution in [0.1, 0.15) is 17.3 Å². The lowest BCUT2D eigenvalue weighted by Crippen LogP contribution is -2.21. The smallest absolute Gasteiger partial charge is 0.209 e. The maximum atomic E-state index is 5.52. The van der Waals surface area contributed by atoms with Crippen LogP contribution in [0.3, 0.4) is 0 Å². The molecule has 0 unspecified atom stereocenters. The van der Waals surface area contributed by atoms with E-state index in [0.717, 1.165) is 11.5 Å². The lowest BCUT2D eigenvalue weighted by Gasteiger charge is -2.13. The molecule has 0 bridgehead atoms. The average molecular weight is 299 g/mol. The highest BCUT2D eigenvalue weighted by Crippen LogP contribution is 2.21. The van der Waals surface area contributed by atoms with Crippen LogP contribution in [0.4, 0.5) is 0 Å². The highest BCUT2D eigenvalue weighted by molar-refractivity contribution is 7.98. The largest absolute Gasteiger partial charge is 0.445 e. The number of tetrazole rings is 1. The zero-order valence-electron chi connectivity index (χ0n) is 11.9. The molecule has 0 aliphatic heterocycles. The molecule has 0 aliphatic rings. The van der Waals surface area contributed by atoms with Crippen molar-refractivity contribution < 1.29 is 13.9 Å². The molecule has 0 amide bonds. The Morgan fingerprint density at radius 1 is 1.30 bits per heavy atom. The molecule has 2 heterocycles. The Balaban J connectivity index is 1.98. The minimum absolute atomic E-state index is 0.385. The first-order chi connectivity index (χ1) is 9.63. The number of methoxy groups -OCH3 is 2. The number of nitrogens with zero attached hydrogens (tertiary/aromatic N) is 5. The molecule has 110 valence electrons. The summed E-state index contributed by atoms with van der Waals surface area (Å²) in [4.78, 5) is 4.32. The van der Waals surface area contributed by atoms with Crippen molar-refractivity contribution in [3.63, 3.8) is 0 Å². The highest BCUT2D eigenvalue weighted by Gasteiger charge is 2.14. The third-order valence-electron chi connectivity index (χ3n) is 2.74. The van der Waals surface area contributed by atoms with Crippen LogP contribution in [-0.4, -0.2) is 45.7 Å². The monoisotopic (exact) mass is 299 g/mol. The van der Waals surface area contributed by atoms with Gasteiger partial charge in [0.15, 0.2) is 6.29 Å². The number of thioether (sulfide) groups is 1. The molecule has 0 fully saturated rings. The first-order valence-electron chi connectivity index (χ1n) is 6.01. The standard InChI is InChI=1S/C11H17N5O3S/c1-7-8(2)19-9(12-7)6-20-11-13-14-15-16(11)5-10(17-3)18-4/h10H,5-6H2,1-4H3. The summed E-state index contributed by atoms with van der Waals surface area (Å²) in [5.41, 5.74) is 0.902. The van der Waals surface area contributed by atoms with Crippen LogP contribution < -0.4 is 0 Å². The molecule has 0 spiro atoms. The number of aromatic nitrogens is 5. The summed E-state index contributed by atoms with van der Waals surface area (Å²) in [5, 5.41) is 12.2. The lowest BCUT2D eigenvalue weighted by atomic mass is 10.4. The van der Waals surface area contributed by atoms with Gasteiger partial charge in [-0.15, -0.1) is 5.10 Å². The maximum absolute atomic E-state index is 5.52. The fourth-order valence-electron chi connectivity index (χ4n) is 1.53. The highest BCUT2D eigenvalue weighted by atomic mass is 32.2. The SMILES string of the molecule is COC(Cn1nnnc1SCc1nc(C)c(C)o1)OC. The summed E-state index contributed by atoms with van der Waals surface area (Å²) in [5.74, 6) is 2.06. The van der Waals surface area contributed by atoms with Crippen LogP contribution in [-0.2, 0) is 21.8 Å². The molecule has 8 nitrogen and oxygen atoms in total. The molecule has 20 heavy (non-hydrogen) atoms. The van der Waals surface area contributed by atoms with Crippen LogP contribution >= 0.6 is 11.8 Å². The second kappa shape index (κ2) is 6.82. The van der Waals surface area contributed by atoms with E-state index < -0.39 is 0 Å². The summed E-state index contributed by atoms with van der Waals surface area (Å²) in [6.07, 6.45) is -0.385. The molecule has 0 aromatic carbocycles. The van der Waals surface area contributed by atoms with Gasteiger partial charge in [0.05, 0.1) is 18.0 Å². The number of aryl methyl sites for hydroxylation is 2. The van der Waals surface area contributed by atoms with E-state index in [1.54, 1.807) is 18.9 Å². The zero-order chi connectivity index (χ0) is 14.5. The van der Waals surface area contributed by atoms with Gasteiger partial charge in [-0.3, -0.25) is 0 Å². The number of hydrogen-bond acceptors (Lipinski definition) is 8. The Bertz CT molecular complexity index is 533. The Labute approximate surface area is 120 Å². The van der Waals surface area contributed by atoms with Crippen molar-refractivity contribution in [2.75, 3.05) is 14.2 Å². The van der Waals surface area contributed by atoms with E-state index in [9.17, 15) is 0 Å². The van der Waals surface area contributed by atoms with Crippen molar-refractivity contribution in [2.45, 2.75) is 37.6 Å². The third kappa shape index (κ3) is 3.56. The van der Waals surface area contributed by atoms with Gasteiger partial charge in [-0.25, -0.2) is 9.67 Å². The van der Waals surface area contributed by atoms with Gasteiger partial charge >= 0.3 is 0 Å². The fraction of sp³-hybridized carbons (Fsp3) is 0.636. The second-order valence-electron chi connectivity index (χ2n) is 4.08. The quantitative estimate of drug-likeness (QED) is 0.556. The fourth-order valence-corrected chi connectivity index (χ4v) is 2.26. The first kappa shape index (κ1) is 14.9. The van der Waals surface area contributed by atoms with Crippen LogP contribution in [0.25, 0.3) is 0 Å². The van der Waals surface area contributed by atoms with E-state index in [4.69, 9.17) is 13.9 Å². The number of hydrogen-bond donors (Lipinski definition) is 0. The molecule has 0 N–H and O–H groups in total. The number of ether oxygens (including phenoxy) is 2. The van der Waals surface area contributed by atoms with Crippen molar-refractivity contribution in [2.24, 2.45) is 0 Å².